The Morgan fingerprint density at radius 3 is 2.85 bits per heavy atom. The first-order chi connectivity index (χ1) is 9.40. The lowest BCUT2D eigenvalue weighted by Crippen LogP contribution is -2.38. The number of nitrogens with zero attached hydrogens (tertiary/aromatic N) is 2. The Balaban J connectivity index is 2.05. The molecule has 0 aliphatic rings. The predicted octanol–water partition coefficient (Wildman–Crippen LogP) is 1.32. The number of aromatic nitrogens is 2. The van der Waals surface area contributed by atoms with Crippen molar-refractivity contribution in [2.45, 2.75) is 26.4 Å². The summed E-state index contributed by atoms with van der Waals surface area (Å²) in [6, 6.07) is 3.34. The Bertz CT molecular complexity index is 606. The molecule has 106 valence electrons. The zero-order valence-corrected chi connectivity index (χ0v) is 11.7. The van der Waals surface area contributed by atoms with Crippen LogP contribution < -0.4 is 5.32 Å². The fourth-order valence-corrected chi connectivity index (χ4v) is 1.83. The number of aliphatic hydroxyl groups is 1. The summed E-state index contributed by atoms with van der Waals surface area (Å²) in [6.45, 7) is 5.11. The average Bonchev–Trinajstić information content (AvgIpc) is 2.90. The first-order valence-electron chi connectivity index (χ1n) is 6.25. The minimum Gasteiger partial charge on any atom is -0.466 e. The highest BCUT2D eigenvalue weighted by Gasteiger charge is 2.27. The zero-order valence-electron chi connectivity index (χ0n) is 11.7. The fraction of sp³-hybridized carbons (Fsp3) is 0.357. The van der Waals surface area contributed by atoms with Crippen molar-refractivity contribution in [3.63, 3.8) is 0 Å². The van der Waals surface area contributed by atoms with E-state index in [1.54, 1.807) is 32.9 Å². The van der Waals surface area contributed by atoms with Crippen molar-refractivity contribution in [2.24, 2.45) is 0 Å². The van der Waals surface area contributed by atoms with Crippen molar-refractivity contribution >= 4 is 5.91 Å². The van der Waals surface area contributed by atoms with E-state index in [0.29, 0.717) is 22.8 Å². The molecule has 0 saturated carbocycles. The van der Waals surface area contributed by atoms with Crippen molar-refractivity contribution in [3.05, 3.63) is 47.4 Å². The maximum absolute atomic E-state index is 12.1. The molecule has 2 aromatic heterocycles. The quantitative estimate of drug-likeness (QED) is 0.878. The molecule has 0 saturated heterocycles. The Morgan fingerprint density at radius 2 is 2.25 bits per heavy atom. The second kappa shape index (κ2) is 5.42. The summed E-state index contributed by atoms with van der Waals surface area (Å²) in [5.41, 5.74) is -0.267. The van der Waals surface area contributed by atoms with Gasteiger partial charge in [0, 0.05) is 6.20 Å². The van der Waals surface area contributed by atoms with Crippen molar-refractivity contribution in [3.8, 4) is 0 Å². The van der Waals surface area contributed by atoms with Crippen molar-refractivity contribution < 1.29 is 14.3 Å². The number of amides is 1. The maximum Gasteiger partial charge on any atom is 0.254 e. The zero-order chi connectivity index (χ0) is 14.8. The van der Waals surface area contributed by atoms with Gasteiger partial charge >= 0.3 is 0 Å². The molecule has 0 radical (unpaired) electrons. The molecule has 2 aromatic rings. The van der Waals surface area contributed by atoms with E-state index in [2.05, 4.69) is 15.3 Å². The number of rotatable bonds is 4. The summed E-state index contributed by atoms with van der Waals surface area (Å²) >= 11 is 0. The molecule has 2 N–H and O–H groups in total. The third-order valence-electron chi connectivity index (χ3n) is 2.99. The lowest BCUT2D eigenvalue weighted by atomic mass is 10.0. The van der Waals surface area contributed by atoms with E-state index in [1.807, 2.05) is 0 Å². The van der Waals surface area contributed by atoms with Crippen molar-refractivity contribution in [1.82, 2.24) is 15.3 Å². The number of hydrogen-bond donors (Lipinski definition) is 2. The van der Waals surface area contributed by atoms with Gasteiger partial charge in [0.25, 0.3) is 5.91 Å². The van der Waals surface area contributed by atoms with Gasteiger partial charge in [-0.1, -0.05) is 0 Å². The van der Waals surface area contributed by atoms with Crippen LogP contribution >= 0.6 is 0 Å². The maximum atomic E-state index is 12.1. The van der Waals surface area contributed by atoms with Crippen LogP contribution in [0.5, 0.6) is 0 Å². The molecular weight excluding hydrogens is 258 g/mol. The van der Waals surface area contributed by atoms with Crippen LogP contribution in [0, 0.1) is 13.8 Å². The topological polar surface area (TPSA) is 88.2 Å². The van der Waals surface area contributed by atoms with Crippen LogP contribution in [-0.4, -0.2) is 27.5 Å². The summed E-state index contributed by atoms with van der Waals surface area (Å²) in [4.78, 5) is 20.2. The summed E-state index contributed by atoms with van der Waals surface area (Å²) in [7, 11) is 0. The van der Waals surface area contributed by atoms with Gasteiger partial charge in [0.05, 0.1) is 24.1 Å². The van der Waals surface area contributed by atoms with Gasteiger partial charge < -0.3 is 14.8 Å². The van der Waals surface area contributed by atoms with Gasteiger partial charge in [-0.3, -0.25) is 4.79 Å². The molecule has 0 aliphatic heterocycles. The normalized spacial score (nSPS) is 13.8. The molecule has 1 amide bonds. The summed E-state index contributed by atoms with van der Waals surface area (Å²) in [5.74, 6) is 0.686. The van der Waals surface area contributed by atoms with Gasteiger partial charge in [-0.25, -0.2) is 9.97 Å². The van der Waals surface area contributed by atoms with E-state index >= 15 is 0 Å². The average molecular weight is 275 g/mol. The lowest BCUT2D eigenvalue weighted by Gasteiger charge is -2.21. The fourth-order valence-electron chi connectivity index (χ4n) is 1.83. The second-order valence-corrected chi connectivity index (χ2v) is 4.85. The molecule has 2 rings (SSSR count). The molecule has 0 spiro atoms. The molecule has 0 aliphatic carbocycles. The van der Waals surface area contributed by atoms with Crippen LogP contribution in [0.2, 0.25) is 0 Å². The molecule has 0 bridgehead atoms. The minimum absolute atomic E-state index is 0.0344. The molecule has 0 aromatic carbocycles. The van der Waals surface area contributed by atoms with E-state index < -0.39 is 5.60 Å². The first kappa shape index (κ1) is 14.2. The number of carbonyl (C=O) groups excluding carboxylic acids is 1. The van der Waals surface area contributed by atoms with Crippen LogP contribution in [0.25, 0.3) is 0 Å². The van der Waals surface area contributed by atoms with E-state index in [0.717, 1.165) is 0 Å². The molecule has 6 nitrogen and oxygen atoms in total. The van der Waals surface area contributed by atoms with Gasteiger partial charge in [0.2, 0.25) is 0 Å². The number of furan rings is 1. The molecule has 20 heavy (non-hydrogen) atoms. The predicted molar refractivity (Wildman–Crippen MR) is 72.1 cm³/mol. The summed E-state index contributed by atoms with van der Waals surface area (Å²) < 4.78 is 5.15. The molecule has 6 heteroatoms. The summed E-state index contributed by atoms with van der Waals surface area (Å²) in [6.07, 6.45) is 2.96. The Labute approximate surface area is 116 Å². The Hall–Kier alpha value is -2.21. The minimum atomic E-state index is -1.27. The van der Waals surface area contributed by atoms with E-state index in [-0.39, 0.29) is 12.5 Å². The number of hydrogen-bond acceptors (Lipinski definition) is 5. The highest BCUT2D eigenvalue weighted by molar-refractivity contribution is 5.94. The standard InChI is InChI=1S/C14H17N3O3/c1-9-11(7-15-10(2)17-9)13(18)16-8-14(3,19)12-5-4-6-20-12/h4-7,19H,8H2,1-3H3,(H,16,18). The van der Waals surface area contributed by atoms with Crippen LogP contribution in [0.4, 0.5) is 0 Å². The van der Waals surface area contributed by atoms with Crippen LogP contribution in [0.15, 0.2) is 29.0 Å². The Morgan fingerprint density at radius 1 is 1.50 bits per heavy atom. The molecule has 1 atom stereocenters. The third-order valence-corrected chi connectivity index (χ3v) is 2.99. The third kappa shape index (κ3) is 3.03. The molecular formula is C14H17N3O3. The molecule has 1 unspecified atom stereocenters. The summed E-state index contributed by atoms with van der Waals surface area (Å²) in [5, 5.41) is 12.9. The van der Waals surface area contributed by atoms with Crippen LogP contribution in [0.3, 0.4) is 0 Å². The van der Waals surface area contributed by atoms with Gasteiger partial charge in [0.1, 0.15) is 17.2 Å². The van der Waals surface area contributed by atoms with Gasteiger partial charge in [-0.15, -0.1) is 0 Å². The highest BCUT2D eigenvalue weighted by atomic mass is 16.4. The largest absolute Gasteiger partial charge is 0.466 e. The smallest absolute Gasteiger partial charge is 0.254 e. The van der Waals surface area contributed by atoms with E-state index in [1.165, 1.54) is 12.5 Å². The molecule has 0 fully saturated rings. The van der Waals surface area contributed by atoms with Gasteiger partial charge in [-0.2, -0.15) is 0 Å². The van der Waals surface area contributed by atoms with Crippen molar-refractivity contribution in [2.75, 3.05) is 6.54 Å². The van der Waals surface area contributed by atoms with E-state index in [4.69, 9.17) is 4.42 Å². The monoisotopic (exact) mass is 275 g/mol. The number of aryl methyl sites for hydroxylation is 2. The number of nitrogens with one attached hydrogen (secondary N) is 1. The van der Waals surface area contributed by atoms with Gasteiger partial charge in [0.15, 0.2) is 0 Å². The lowest BCUT2D eigenvalue weighted by molar-refractivity contribution is 0.0330. The molecule has 2 heterocycles. The van der Waals surface area contributed by atoms with E-state index in [9.17, 15) is 9.90 Å². The van der Waals surface area contributed by atoms with Crippen molar-refractivity contribution in [1.29, 1.82) is 0 Å². The SMILES string of the molecule is Cc1ncc(C(=O)NCC(C)(O)c2ccco2)c(C)n1. The Kier molecular flexibility index (Phi) is 3.85. The second-order valence-electron chi connectivity index (χ2n) is 4.85. The highest BCUT2D eigenvalue weighted by Crippen LogP contribution is 2.20. The first-order valence-corrected chi connectivity index (χ1v) is 6.25. The van der Waals surface area contributed by atoms with Crippen LogP contribution in [-0.2, 0) is 5.60 Å². The van der Waals surface area contributed by atoms with Crippen LogP contribution in [0.1, 0.15) is 34.6 Å². The van der Waals surface area contributed by atoms with Gasteiger partial charge in [-0.05, 0) is 32.9 Å². The number of carbonyl (C=O) groups is 1.